The Bertz CT molecular complexity index is 851. The van der Waals surface area contributed by atoms with E-state index in [-0.39, 0.29) is 24.2 Å². The van der Waals surface area contributed by atoms with E-state index in [4.69, 9.17) is 0 Å². The van der Waals surface area contributed by atoms with Crippen LogP contribution in [0.15, 0.2) is 53.6 Å². The molecule has 3 fully saturated rings. The molecule has 0 aliphatic carbocycles. The monoisotopic (exact) mass is 380 g/mol. The second-order valence-corrected chi connectivity index (χ2v) is 8.02. The first-order valence-electron chi connectivity index (χ1n) is 10.3. The molecular formula is C22H28N4O2. The molecule has 2 bridgehead atoms. The SMILES string of the molecule is O=C(Cn1cccnc1=O)N1CC2CCC1CN(CCCc1ccccc1)C2. The van der Waals surface area contributed by atoms with Crippen LogP contribution in [0.5, 0.6) is 0 Å². The van der Waals surface area contributed by atoms with Crippen molar-refractivity contribution in [1.29, 1.82) is 0 Å². The van der Waals surface area contributed by atoms with Gasteiger partial charge in [-0.2, -0.15) is 0 Å². The van der Waals surface area contributed by atoms with Crippen LogP contribution in [0.25, 0.3) is 0 Å². The summed E-state index contributed by atoms with van der Waals surface area (Å²) in [7, 11) is 0. The summed E-state index contributed by atoms with van der Waals surface area (Å²) < 4.78 is 1.40. The normalized spacial score (nSPS) is 22.2. The number of rotatable bonds is 6. The first-order valence-corrected chi connectivity index (χ1v) is 10.3. The number of hydrogen-bond acceptors (Lipinski definition) is 4. The summed E-state index contributed by atoms with van der Waals surface area (Å²) in [6.07, 6.45) is 7.59. The van der Waals surface area contributed by atoms with Crippen molar-refractivity contribution < 1.29 is 4.79 Å². The Kier molecular flexibility index (Phi) is 5.86. The van der Waals surface area contributed by atoms with Crippen LogP contribution in [0.1, 0.15) is 24.8 Å². The van der Waals surface area contributed by atoms with Crippen molar-refractivity contribution >= 4 is 5.91 Å². The summed E-state index contributed by atoms with van der Waals surface area (Å²) >= 11 is 0. The van der Waals surface area contributed by atoms with Crippen LogP contribution in [0, 0.1) is 5.92 Å². The fraction of sp³-hybridized carbons (Fsp3) is 0.500. The summed E-state index contributed by atoms with van der Waals surface area (Å²) in [6, 6.07) is 12.6. The molecular weight excluding hydrogens is 352 g/mol. The Balaban J connectivity index is 1.34. The van der Waals surface area contributed by atoms with Gasteiger partial charge < -0.3 is 9.80 Å². The quantitative estimate of drug-likeness (QED) is 0.767. The molecule has 2 aromatic rings. The standard InChI is InChI=1S/C22H28N4O2/c27-21(17-25-13-5-11-23-22(25)28)26-15-19-9-10-20(26)16-24(14-19)12-4-8-18-6-2-1-3-7-18/h1-3,5-7,11,13,19-20H,4,8-10,12,14-17H2. The lowest BCUT2D eigenvalue weighted by molar-refractivity contribution is -0.136. The van der Waals surface area contributed by atoms with Crippen molar-refractivity contribution in [3.63, 3.8) is 0 Å². The number of aromatic nitrogens is 2. The van der Waals surface area contributed by atoms with Gasteiger partial charge >= 0.3 is 5.69 Å². The maximum absolute atomic E-state index is 12.9. The minimum absolute atomic E-state index is 0.0379. The zero-order chi connectivity index (χ0) is 19.3. The topological polar surface area (TPSA) is 58.4 Å². The Morgan fingerprint density at radius 1 is 1.07 bits per heavy atom. The minimum Gasteiger partial charge on any atom is -0.337 e. The maximum atomic E-state index is 12.9. The first kappa shape index (κ1) is 18.9. The predicted octanol–water partition coefficient (Wildman–Crippen LogP) is 1.80. The molecule has 1 aromatic carbocycles. The molecule has 6 heteroatoms. The van der Waals surface area contributed by atoms with Gasteiger partial charge in [-0.05, 0) is 49.8 Å². The Morgan fingerprint density at radius 3 is 2.75 bits per heavy atom. The third kappa shape index (κ3) is 4.50. The van der Waals surface area contributed by atoms with E-state index in [2.05, 4.69) is 40.2 Å². The maximum Gasteiger partial charge on any atom is 0.347 e. The highest BCUT2D eigenvalue weighted by Crippen LogP contribution is 2.28. The largest absolute Gasteiger partial charge is 0.347 e. The van der Waals surface area contributed by atoms with E-state index >= 15 is 0 Å². The highest BCUT2D eigenvalue weighted by Gasteiger charge is 2.36. The molecule has 3 aliphatic rings. The average Bonchev–Trinajstić information content (AvgIpc) is 3.01. The van der Waals surface area contributed by atoms with Crippen LogP contribution in [0.3, 0.4) is 0 Å². The average molecular weight is 380 g/mol. The fourth-order valence-corrected chi connectivity index (χ4v) is 4.56. The third-order valence-electron chi connectivity index (χ3n) is 5.98. The fourth-order valence-electron chi connectivity index (χ4n) is 4.56. The minimum atomic E-state index is -0.363. The van der Waals surface area contributed by atoms with E-state index in [1.165, 1.54) is 22.7 Å². The molecule has 6 nitrogen and oxygen atoms in total. The Morgan fingerprint density at radius 2 is 1.93 bits per heavy atom. The summed E-state index contributed by atoms with van der Waals surface area (Å²) in [4.78, 5) is 33.0. The summed E-state index contributed by atoms with van der Waals surface area (Å²) in [5.41, 5.74) is 1.03. The van der Waals surface area contributed by atoms with Crippen LogP contribution in [0.2, 0.25) is 0 Å². The van der Waals surface area contributed by atoms with Crippen molar-refractivity contribution in [3.05, 3.63) is 64.8 Å². The molecule has 0 spiro atoms. The zero-order valence-corrected chi connectivity index (χ0v) is 16.2. The van der Waals surface area contributed by atoms with Crippen molar-refractivity contribution in [2.45, 2.75) is 38.3 Å². The number of carbonyl (C=O) groups is 1. The molecule has 2 unspecified atom stereocenters. The Labute approximate surface area is 165 Å². The first-order chi connectivity index (χ1) is 13.7. The van der Waals surface area contributed by atoms with Gasteiger partial charge in [0.25, 0.3) is 0 Å². The molecule has 4 heterocycles. The van der Waals surface area contributed by atoms with Gasteiger partial charge in [0.15, 0.2) is 0 Å². The number of aryl methyl sites for hydroxylation is 1. The summed E-state index contributed by atoms with van der Waals surface area (Å²) in [5.74, 6) is 0.570. The lowest BCUT2D eigenvalue weighted by Gasteiger charge is -2.36. The summed E-state index contributed by atoms with van der Waals surface area (Å²) in [6.45, 7) is 3.99. The van der Waals surface area contributed by atoms with Gasteiger partial charge in [0.2, 0.25) is 5.91 Å². The molecule has 148 valence electrons. The van der Waals surface area contributed by atoms with Gasteiger partial charge in [-0.3, -0.25) is 9.36 Å². The number of hydrogen-bond donors (Lipinski definition) is 0. The molecule has 0 radical (unpaired) electrons. The van der Waals surface area contributed by atoms with Crippen molar-refractivity contribution in [2.24, 2.45) is 5.92 Å². The number of benzene rings is 1. The lowest BCUT2D eigenvalue weighted by atomic mass is 9.95. The van der Waals surface area contributed by atoms with Gasteiger partial charge in [-0.15, -0.1) is 0 Å². The zero-order valence-electron chi connectivity index (χ0n) is 16.2. The van der Waals surface area contributed by atoms with Gasteiger partial charge in [0.05, 0.1) is 0 Å². The molecule has 3 aliphatic heterocycles. The summed E-state index contributed by atoms with van der Waals surface area (Å²) in [5, 5.41) is 0. The van der Waals surface area contributed by atoms with Crippen LogP contribution >= 0.6 is 0 Å². The van der Waals surface area contributed by atoms with E-state index < -0.39 is 0 Å². The molecule has 1 amide bonds. The number of nitrogens with zero attached hydrogens (tertiary/aromatic N) is 4. The molecule has 1 aromatic heterocycles. The molecule has 3 saturated heterocycles. The highest BCUT2D eigenvalue weighted by atomic mass is 16.2. The van der Waals surface area contributed by atoms with Crippen LogP contribution in [-0.4, -0.2) is 57.5 Å². The van der Waals surface area contributed by atoms with E-state index in [1.54, 1.807) is 12.3 Å². The van der Waals surface area contributed by atoms with Crippen LogP contribution in [-0.2, 0) is 17.8 Å². The van der Waals surface area contributed by atoms with Crippen molar-refractivity contribution in [2.75, 3.05) is 26.2 Å². The van der Waals surface area contributed by atoms with Gasteiger partial charge in [-0.1, -0.05) is 30.3 Å². The van der Waals surface area contributed by atoms with E-state index in [1.807, 2.05) is 4.90 Å². The Hall–Kier alpha value is -2.47. The second kappa shape index (κ2) is 8.69. The number of carbonyl (C=O) groups excluding carboxylic acids is 1. The highest BCUT2D eigenvalue weighted by molar-refractivity contribution is 5.76. The van der Waals surface area contributed by atoms with Gasteiger partial charge in [0.1, 0.15) is 6.54 Å². The third-order valence-corrected chi connectivity index (χ3v) is 5.98. The van der Waals surface area contributed by atoms with Crippen LogP contribution < -0.4 is 5.69 Å². The van der Waals surface area contributed by atoms with Gasteiger partial charge in [-0.25, -0.2) is 9.78 Å². The van der Waals surface area contributed by atoms with E-state index in [9.17, 15) is 9.59 Å². The van der Waals surface area contributed by atoms with Crippen molar-refractivity contribution in [3.8, 4) is 0 Å². The molecule has 0 N–H and O–H groups in total. The second-order valence-electron chi connectivity index (χ2n) is 8.02. The molecule has 5 rings (SSSR count). The van der Waals surface area contributed by atoms with E-state index in [0.717, 1.165) is 45.4 Å². The predicted molar refractivity (Wildman–Crippen MR) is 108 cm³/mol. The number of piperidine rings is 1. The van der Waals surface area contributed by atoms with Crippen molar-refractivity contribution in [1.82, 2.24) is 19.4 Å². The molecule has 28 heavy (non-hydrogen) atoms. The number of amides is 1. The number of fused-ring (bicyclic) bond motifs is 4. The smallest absolute Gasteiger partial charge is 0.337 e. The van der Waals surface area contributed by atoms with E-state index in [0.29, 0.717) is 5.92 Å². The lowest BCUT2D eigenvalue weighted by Crippen LogP contribution is -2.49. The molecule has 2 atom stereocenters. The molecule has 0 saturated carbocycles. The van der Waals surface area contributed by atoms with Gasteiger partial charge in [0, 0.05) is 38.1 Å². The van der Waals surface area contributed by atoms with Crippen LogP contribution in [0.4, 0.5) is 0 Å².